The monoisotopic (exact) mass is 538 g/mol. The Hall–Kier alpha value is -3.82. The van der Waals surface area contributed by atoms with Crippen LogP contribution >= 0.6 is 0 Å². The zero-order valence-corrected chi connectivity index (χ0v) is 23.0. The van der Waals surface area contributed by atoms with E-state index in [1.54, 1.807) is 30.8 Å². The molecule has 3 unspecified atom stereocenters. The fraction of sp³-hybridized carbons (Fsp3) is 0.517. The molecule has 3 rings (SSSR count). The number of carbonyl (C=O) groups is 5. The standard InChI is InChI=1S/C29H38N4O6/c1-18(2)23(16-25(35)39-17-20-8-6-5-7-9-20)28(37)32-26(19(3)4)24(34)15-21-14-22-10-11-31-33(22)13-12-30-29(38)27(21)36/h5-11,18-19,21,23,26H,12-17H2,1-4H3,(H,30,38)(H,32,37). The number of nitrogens with one attached hydrogen (secondary N) is 2. The van der Waals surface area contributed by atoms with Crippen LogP contribution < -0.4 is 10.6 Å². The lowest BCUT2D eigenvalue weighted by molar-refractivity contribution is -0.149. The summed E-state index contributed by atoms with van der Waals surface area (Å²) in [5.74, 6) is -4.69. The second-order valence-electron chi connectivity index (χ2n) is 10.7. The van der Waals surface area contributed by atoms with Crippen LogP contribution in [0.15, 0.2) is 42.6 Å². The van der Waals surface area contributed by atoms with Crippen LogP contribution in [-0.4, -0.2) is 51.7 Å². The van der Waals surface area contributed by atoms with E-state index >= 15 is 0 Å². The topological polar surface area (TPSA) is 136 Å². The third-order valence-electron chi connectivity index (χ3n) is 6.99. The van der Waals surface area contributed by atoms with Gasteiger partial charge in [-0.1, -0.05) is 58.0 Å². The predicted molar refractivity (Wildman–Crippen MR) is 143 cm³/mol. The van der Waals surface area contributed by atoms with Crippen molar-refractivity contribution in [1.82, 2.24) is 20.4 Å². The largest absolute Gasteiger partial charge is 0.461 e. The normalized spacial score (nSPS) is 17.3. The van der Waals surface area contributed by atoms with Crippen LogP contribution in [-0.2, 0) is 48.3 Å². The Kier molecular flexibility index (Phi) is 10.5. The molecular formula is C29H38N4O6. The van der Waals surface area contributed by atoms with Gasteiger partial charge in [0.1, 0.15) is 6.61 Å². The third-order valence-corrected chi connectivity index (χ3v) is 6.99. The molecule has 10 heteroatoms. The van der Waals surface area contributed by atoms with E-state index in [0.717, 1.165) is 11.3 Å². The van der Waals surface area contributed by atoms with Crippen molar-refractivity contribution in [1.29, 1.82) is 0 Å². The van der Waals surface area contributed by atoms with E-state index in [1.807, 2.05) is 44.2 Å². The molecule has 0 fully saturated rings. The molecule has 210 valence electrons. The van der Waals surface area contributed by atoms with E-state index in [0.29, 0.717) is 6.54 Å². The van der Waals surface area contributed by atoms with Gasteiger partial charge < -0.3 is 15.4 Å². The molecule has 2 N–H and O–H groups in total. The van der Waals surface area contributed by atoms with Crippen molar-refractivity contribution in [3.63, 3.8) is 0 Å². The Bertz CT molecular complexity index is 1170. The molecule has 0 saturated heterocycles. The van der Waals surface area contributed by atoms with Gasteiger partial charge in [0.05, 0.1) is 24.9 Å². The summed E-state index contributed by atoms with van der Waals surface area (Å²) in [4.78, 5) is 64.5. The molecule has 0 saturated carbocycles. The number of Topliss-reactive ketones (excluding diaryl/α,β-unsaturated/α-hetero) is 2. The number of hydrogen-bond donors (Lipinski definition) is 2. The van der Waals surface area contributed by atoms with Gasteiger partial charge in [0.15, 0.2) is 5.78 Å². The number of esters is 1. The van der Waals surface area contributed by atoms with Gasteiger partial charge in [-0.3, -0.25) is 28.7 Å². The molecule has 1 aromatic heterocycles. The SMILES string of the molecule is CC(C)C(CC(=O)OCc1ccccc1)C(=O)NC(C(=O)CC1Cc2ccnn2CCNC(=O)C1=O)C(C)C. The second-order valence-corrected chi connectivity index (χ2v) is 10.7. The number of ether oxygens (including phenoxy) is 1. The van der Waals surface area contributed by atoms with Gasteiger partial charge in [0, 0.05) is 37.2 Å². The number of nitrogens with zero attached hydrogens (tertiary/aromatic N) is 2. The molecule has 39 heavy (non-hydrogen) atoms. The molecule has 2 heterocycles. The average molecular weight is 539 g/mol. The van der Waals surface area contributed by atoms with E-state index < -0.39 is 41.4 Å². The highest BCUT2D eigenvalue weighted by atomic mass is 16.5. The second kappa shape index (κ2) is 13.8. The number of ketones is 2. The molecule has 0 radical (unpaired) electrons. The van der Waals surface area contributed by atoms with E-state index in [4.69, 9.17) is 4.74 Å². The average Bonchev–Trinajstić information content (AvgIpc) is 3.35. The summed E-state index contributed by atoms with van der Waals surface area (Å²) in [6.45, 7) is 8.06. The highest BCUT2D eigenvalue weighted by Gasteiger charge is 2.35. The molecule has 3 atom stereocenters. The number of amides is 2. The summed E-state index contributed by atoms with van der Waals surface area (Å²) in [6, 6.07) is 10.2. The van der Waals surface area contributed by atoms with E-state index in [1.165, 1.54) is 0 Å². The van der Waals surface area contributed by atoms with Crippen LogP contribution in [0, 0.1) is 23.7 Å². The van der Waals surface area contributed by atoms with E-state index in [9.17, 15) is 24.0 Å². The van der Waals surface area contributed by atoms with Gasteiger partial charge in [-0.05, 0) is 23.5 Å². The first-order valence-electron chi connectivity index (χ1n) is 13.4. The molecule has 10 nitrogen and oxygen atoms in total. The first-order valence-corrected chi connectivity index (χ1v) is 13.4. The van der Waals surface area contributed by atoms with Gasteiger partial charge in [-0.15, -0.1) is 0 Å². The maximum Gasteiger partial charge on any atom is 0.306 e. The predicted octanol–water partition coefficient (Wildman–Crippen LogP) is 2.25. The van der Waals surface area contributed by atoms with Gasteiger partial charge in [0.2, 0.25) is 11.7 Å². The first-order chi connectivity index (χ1) is 18.6. The Morgan fingerprint density at radius 3 is 2.46 bits per heavy atom. The minimum absolute atomic E-state index is 0.112. The Balaban J connectivity index is 1.67. The molecule has 0 spiro atoms. The highest BCUT2D eigenvalue weighted by Crippen LogP contribution is 2.21. The van der Waals surface area contributed by atoms with Crippen molar-refractivity contribution < 1.29 is 28.7 Å². The third kappa shape index (κ3) is 8.33. The Morgan fingerprint density at radius 2 is 1.79 bits per heavy atom. The van der Waals surface area contributed by atoms with Gasteiger partial charge >= 0.3 is 5.97 Å². The lowest BCUT2D eigenvalue weighted by atomic mass is 9.86. The first kappa shape index (κ1) is 29.7. The zero-order chi connectivity index (χ0) is 28.5. The minimum Gasteiger partial charge on any atom is -0.461 e. The fourth-order valence-electron chi connectivity index (χ4n) is 4.65. The van der Waals surface area contributed by atoms with Gasteiger partial charge in [-0.2, -0.15) is 5.10 Å². The molecular weight excluding hydrogens is 500 g/mol. The summed E-state index contributed by atoms with van der Waals surface area (Å²) in [5, 5.41) is 9.64. The molecule has 1 aliphatic heterocycles. The lowest BCUT2D eigenvalue weighted by Crippen LogP contribution is -2.49. The summed E-state index contributed by atoms with van der Waals surface area (Å²) in [5.41, 5.74) is 1.61. The summed E-state index contributed by atoms with van der Waals surface area (Å²) < 4.78 is 7.08. The van der Waals surface area contributed by atoms with Crippen molar-refractivity contribution in [3.05, 3.63) is 53.9 Å². The van der Waals surface area contributed by atoms with Crippen LogP contribution in [0.5, 0.6) is 0 Å². The fourth-order valence-corrected chi connectivity index (χ4v) is 4.65. The summed E-state index contributed by atoms with van der Waals surface area (Å²) in [7, 11) is 0. The summed E-state index contributed by atoms with van der Waals surface area (Å²) in [6.07, 6.45) is 1.49. The quantitative estimate of drug-likeness (QED) is 0.331. The molecule has 0 bridgehead atoms. The molecule has 1 aliphatic rings. The van der Waals surface area contributed by atoms with Crippen LogP contribution in [0.2, 0.25) is 0 Å². The van der Waals surface area contributed by atoms with Crippen LogP contribution in [0.4, 0.5) is 0 Å². The zero-order valence-electron chi connectivity index (χ0n) is 23.0. The minimum atomic E-state index is -0.882. The highest BCUT2D eigenvalue weighted by molar-refractivity contribution is 6.37. The Labute approximate surface area is 228 Å². The van der Waals surface area contributed by atoms with Crippen molar-refractivity contribution in [2.24, 2.45) is 23.7 Å². The van der Waals surface area contributed by atoms with E-state index in [-0.39, 0.29) is 50.0 Å². The number of fused-ring (bicyclic) bond motifs is 1. The number of rotatable bonds is 11. The van der Waals surface area contributed by atoms with Crippen molar-refractivity contribution >= 4 is 29.4 Å². The number of aromatic nitrogens is 2. The Morgan fingerprint density at radius 1 is 1.08 bits per heavy atom. The molecule has 2 amide bonds. The van der Waals surface area contributed by atoms with Crippen LogP contribution in [0.1, 0.15) is 51.8 Å². The van der Waals surface area contributed by atoms with Gasteiger partial charge in [0.25, 0.3) is 5.91 Å². The lowest BCUT2D eigenvalue weighted by Gasteiger charge is -2.27. The van der Waals surface area contributed by atoms with Crippen molar-refractivity contribution in [3.8, 4) is 0 Å². The van der Waals surface area contributed by atoms with Gasteiger partial charge in [-0.25, -0.2) is 0 Å². The molecule has 1 aromatic carbocycles. The molecule has 0 aliphatic carbocycles. The van der Waals surface area contributed by atoms with Crippen LogP contribution in [0.3, 0.4) is 0 Å². The smallest absolute Gasteiger partial charge is 0.306 e. The number of benzene rings is 1. The van der Waals surface area contributed by atoms with Crippen LogP contribution in [0.25, 0.3) is 0 Å². The maximum absolute atomic E-state index is 13.4. The number of carbonyl (C=O) groups excluding carboxylic acids is 5. The molecule has 2 aromatic rings. The van der Waals surface area contributed by atoms with Crippen molar-refractivity contribution in [2.45, 2.75) is 66.2 Å². The van der Waals surface area contributed by atoms with Crippen molar-refractivity contribution in [2.75, 3.05) is 6.54 Å². The summed E-state index contributed by atoms with van der Waals surface area (Å²) >= 11 is 0. The van der Waals surface area contributed by atoms with E-state index in [2.05, 4.69) is 15.7 Å². The maximum atomic E-state index is 13.4. The number of hydrogen-bond acceptors (Lipinski definition) is 7.